The lowest BCUT2D eigenvalue weighted by Crippen LogP contribution is -2.18. The summed E-state index contributed by atoms with van der Waals surface area (Å²) in [6.07, 6.45) is 1.46. The first-order valence-corrected chi connectivity index (χ1v) is 11.1. The SMILES string of the molecule is O=S(O)NCCc1ccc(Cn2cnc3c(NCc4ccccc4)nc(F)nc32)s1. The van der Waals surface area contributed by atoms with Crippen LogP contribution in [0.4, 0.5) is 10.2 Å². The standard InChI is InChI=1S/C19H19FN6O2S2/c20-19-24-17(21-10-13-4-2-1-3-5-13)16-18(25-19)26(12-22-16)11-15-7-6-14(29-15)8-9-23-30(27)28/h1-7,12,23H,8-11H2,(H,27,28)(H,21,24,25). The van der Waals surface area contributed by atoms with Crippen molar-refractivity contribution >= 4 is 39.6 Å². The Morgan fingerprint density at radius 1 is 1.13 bits per heavy atom. The fourth-order valence-corrected chi connectivity index (χ4v) is 4.30. The van der Waals surface area contributed by atoms with E-state index in [-0.39, 0.29) is 0 Å². The van der Waals surface area contributed by atoms with Gasteiger partial charge in [-0.05, 0) is 24.1 Å². The van der Waals surface area contributed by atoms with Crippen molar-refractivity contribution in [2.24, 2.45) is 0 Å². The van der Waals surface area contributed by atoms with Gasteiger partial charge in [-0.25, -0.2) is 13.9 Å². The molecule has 4 aromatic rings. The van der Waals surface area contributed by atoms with Crippen LogP contribution in [0.25, 0.3) is 11.2 Å². The molecule has 0 aliphatic carbocycles. The van der Waals surface area contributed by atoms with Gasteiger partial charge < -0.3 is 9.88 Å². The molecule has 0 amide bonds. The third-order valence-electron chi connectivity index (χ3n) is 4.38. The van der Waals surface area contributed by atoms with Crippen molar-refractivity contribution in [3.63, 3.8) is 0 Å². The monoisotopic (exact) mass is 446 g/mol. The second-order valence-electron chi connectivity index (χ2n) is 6.49. The molecule has 0 aliphatic heterocycles. The van der Waals surface area contributed by atoms with E-state index in [1.165, 1.54) is 0 Å². The fraction of sp³-hybridized carbons (Fsp3) is 0.211. The number of anilines is 1. The maximum Gasteiger partial charge on any atom is 0.312 e. The van der Waals surface area contributed by atoms with E-state index < -0.39 is 17.3 Å². The summed E-state index contributed by atoms with van der Waals surface area (Å²) in [4.78, 5) is 14.3. The average molecular weight is 447 g/mol. The molecule has 156 valence electrons. The molecule has 0 saturated heterocycles. The van der Waals surface area contributed by atoms with Crippen LogP contribution in [0, 0.1) is 6.08 Å². The van der Waals surface area contributed by atoms with Gasteiger partial charge in [-0.1, -0.05) is 30.3 Å². The molecule has 0 spiro atoms. The molecule has 8 nitrogen and oxygen atoms in total. The topological polar surface area (TPSA) is 105 Å². The Bertz CT molecular complexity index is 1160. The van der Waals surface area contributed by atoms with Crippen LogP contribution in [0.3, 0.4) is 0 Å². The number of nitrogens with zero attached hydrogens (tertiary/aromatic N) is 4. The molecule has 0 saturated carbocycles. The molecule has 3 heterocycles. The number of benzene rings is 1. The lowest BCUT2D eigenvalue weighted by molar-refractivity contribution is 0.543. The van der Waals surface area contributed by atoms with Crippen LogP contribution in [0.15, 0.2) is 48.8 Å². The minimum Gasteiger partial charge on any atom is -0.364 e. The van der Waals surface area contributed by atoms with Crippen molar-refractivity contribution in [2.45, 2.75) is 19.5 Å². The fourth-order valence-electron chi connectivity index (χ4n) is 3.01. The Hall–Kier alpha value is -2.73. The number of fused-ring (bicyclic) bond motifs is 1. The molecule has 0 radical (unpaired) electrons. The van der Waals surface area contributed by atoms with Crippen LogP contribution in [0.2, 0.25) is 0 Å². The maximum atomic E-state index is 14.1. The Labute approximate surface area is 178 Å². The molecule has 0 bridgehead atoms. The predicted octanol–water partition coefficient (Wildman–Crippen LogP) is 2.96. The number of halogens is 1. The normalized spacial score (nSPS) is 12.3. The van der Waals surface area contributed by atoms with Gasteiger partial charge in [0.25, 0.3) is 0 Å². The number of aromatic nitrogens is 4. The number of hydrogen-bond acceptors (Lipinski definition) is 6. The maximum absolute atomic E-state index is 14.1. The smallest absolute Gasteiger partial charge is 0.312 e. The van der Waals surface area contributed by atoms with Crippen LogP contribution in [0.5, 0.6) is 0 Å². The van der Waals surface area contributed by atoms with Gasteiger partial charge in [0.1, 0.15) is 0 Å². The molecule has 1 atom stereocenters. The number of thiophene rings is 1. The van der Waals surface area contributed by atoms with Crippen LogP contribution in [-0.2, 0) is 30.8 Å². The lowest BCUT2D eigenvalue weighted by Gasteiger charge is -2.07. The highest BCUT2D eigenvalue weighted by molar-refractivity contribution is 7.77. The molecule has 4 rings (SSSR count). The summed E-state index contributed by atoms with van der Waals surface area (Å²) in [6, 6.07) is 13.7. The summed E-state index contributed by atoms with van der Waals surface area (Å²) < 4.78 is 37.7. The van der Waals surface area contributed by atoms with Crippen molar-refractivity contribution in [3.8, 4) is 0 Å². The van der Waals surface area contributed by atoms with E-state index in [2.05, 4.69) is 25.0 Å². The van der Waals surface area contributed by atoms with Gasteiger partial charge in [0.05, 0.1) is 12.9 Å². The van der Waals surface area contributed by atoms with Gasteiger partial charge in [-0.15, -0.1) is 11.3 Å². The summed E-state index contributed by atoms with van der Waals surface area (Å²) in [5.41, 5.74) is 1.99. The van der Waals surface area contributed by atoms with Gasteiger partial charge in [-0.3, -0.25) is 4.55 Å². The van der Waals surface area contributed by atoms with E-state index in [1.54, 1.807) is 22.2 Å². The number of hydrogen-bond donors (Lipinski definition) is 3. The molecular formula is C19H19FN6O2S2. The Balaban J connectivity index is 1.49. The lowest BCUT2D eigenvalue weighted by atomic mass is 10.2. The van der Waals surface area contributed by atoms with Crippen molar-refractivity contribution in [1.29, 1.82) is 0 Å². The van der Waals surface area contributed by atoms with Gasteiger partial charge in [0.2, 0.25) is 11.3 Å². The van der Waals surface area contributed by atoms with Crippen molar-refractivity contribution in [2.75, 3.05) is 11.9 Å². The first kappa shape index (κ1) is 20.5. The van der Waals surface area contributed by atoms with E-state index in [0.717, 1.165) is 15.3 Å². The minimum atomic E-state index is -2.01. The molecule has 3 aromatic heterocycles. The van der Waals surface area contributed by atoms with Gasteiger partial charge in [-0.2, -0.15) is 14.4 Å². The molecule has 1 unspecified atom stereocenters. The van der Waals surface area contributed by atoms with E-state index >= 15 is 0 Å². The van der Waals surface area contributed by atoms with Crippen molar-refractivity contribution < 1.29 is 13.2 Å². The highest BCUT2D eigenvalue weighted by Gasteiger charge is 2.14. The summed E-state index contributed by atoms with van der Waals surface area (Å²) in [5.74, 6) is 0.357. The quantitative estimate of drug-likeness (QED) is 0.270. The first-order valence-electron chi connectivity index (χ1n) is 9.16. The number of rotatable bonds is 9. The van der Waals surface area contributed by atoms with Crippen LogP contribution < -0.4 is 10.0 Å². The van der Waals surface area contributed by atoms with Gasteiger partial charge >= 0.3 is 6.08 Å². The summed E-state index contributed by atoms with van der Waals surface area (Å²) >= 11 is -0.421. The molecular weight excluding hydrogens is 427 g/mol. The summed E-state index contributed by atoms with van der Waals surface area (Å²) in [6.45, 7) is 1.40. The summed E-state index contributed by atoms with van der Waals surface area (Å²) in [5, 5.41) is 3.14. The average Bonchev–Trinajstić information content (AvgIpc) is 3.34. The third kappa shape index (κ3) is 5.05. The second kappa shape index (κ2) is 9.39. The van der Waals surface area contributed by atoms with Crippen molar-refractivity contribution in [1.82, 2.24) is 24.2 Å². The van der Waals surface area contributed by atoms with Gasteiger partial charge in [0.15, 0.2) is 17.0 Å². The molecule has 30 heavy (non-hydrogen) atoms. The Morgan fingerprint density at radius 2 is 1.93 bits per heavy atom. The highest BCUT2D eigenvalue weighted by atomic mass is 32.2. The second-order valence-corrected chi connectivity index (χ2v) is 8.53. The molecule has 1 aromatic carbocycles. The van der Waals surface area contributed by atoms with Crippen LogP contribution in [-0.4, -0.2) is 34.8 Å². The van der Waals surface area contributed by atoms with E-state index in [9.17, 15) is 8.60 Å². The first-order chi connectivity index (χ1) is 14.6. The van der Waals surface area contributed by atoms with Crippen LogP contribution >= 0.6 is 11.3 Å². The largest absolute Gasteiger partial charge is 0.364 e. The Morgan fingerprint density at radius 3 is 2.73 bits per heavy atom. The molecule has 0 aliphatic rings. The zero-order valence-electron chi connectivity index (χ0n) is 15.8. The summed E-state index contributed by atoms with van der Waals surface area (Å²) in [7, 11) is 0. The molecule has 0 fully saturated rings. The predicted molar refractivity (Wildman–Crippen MR) is 115 cm³/mol. The zero-order valence-corrected chi connectivity index (χ0v) is 17.4. The number of nitrogens with one attached hydrogen (secondary N) is 2. The van der Waals surface area contributed by atoms with Crippen molar-refractivity contribution in [3.05, 3.63) is 70.2 Å². The van der Waals surface area contributed by atoms with Crippen LogP contribution in [0.1, 0.15) is 15.3 Å². The Kier molecular flexibility index (Phi) is 6.43. The molecule has 11 heteroatoms. The minimum absolute atomic E-state index is 0.357. The van der Waals surface area contributed by atoms with E-state index in [1.807, 2.05) is 42.5 Å². The number of imidazole rings is 1. The third-order valence-corrected chi connectivity index (χ3v) is 5.96. The van der Waals surface area contributed by atoms with E-state index in [4.69, 9.17) is 4.55 Å². The van der Waals surface area contributed by atoms with Gasteiger partial charge in [0, 0.05) is 22.8 Å². The highest BCUT2D eigenvalue weighted by Crippen LogP contribution is 2.23. The van der Waals surface area contributed by atoms with E-state index in [0.29, 0.717) is 43.0 Å². The molecule has 3 N–H and O–H groups in total. The zero-order chi connectivity index (χ0) is 20.9.